The van der Waals surface area contributed by atoms with Gasteiger partial charge in [0.25, 0.3) is 0 Å². The molecular formula is C18H18ClFN2O3S. The summed E-state index contributed by atoms with van der Waals surface area (Å²) in [7, 11) is -3.54. The molecule has 26 heavy (non-hydrogen) atoms. The Kier molecular flexibility index (Phi) is 5.20. The second kappa shape index (κ2) is 7.25. The number of hydrogen-bond donors (Lipinski definition) is 1. The standard InChI is InChI=1S/C18H18ClFN2O3S/c1-26(24,25)22(15-7-8-15)17-9-6-14(20)11-16(17)21-18(23)10-12-2-4-13(19)5-3-12/h2-6,9,11,15H,7-8,10H2,1H3,(H,21,23). The van der Waals surface area contributed by atoms with E-state index in [0.29, 0.717) is 5.02 Å². The van der Waals surface area contributed by atoms with E-state index in [0.717, 1.165) is 30.7 Å². The lowest BCUT2D eigenvalue weighted by atomic mass is 10.1. The van der Waals surface area contributed by atoms with Crippen molar-refractivity contribution in [3.05, 3.63) is 58.9 Å². The molecule has 8 heteroatoms. The first-order valence-corrected chi connectivity index (χ1v) is 10.3. The molecule has 1 amide bonds. The van der Waals surface area contributed by atoms with Crippen LogP contribution in [-0.4, -0.2) is 26.6 Å². The van der Waals surface area contributed by atoms with E-state index in [9.17, 15) is 17.6 Å². The molecule has 1 aliphatic carbocycles. The Labute approximate surface area is 156 Å². The second-order valence-electron chi connectivity index (χ2n) is 6.30. The van der Waals surface area contributed by atoms with Crippen LogP contribution in [0.1, 0.15) is 18.4 Å². The van der Waals surface area contributed by atoms with Crippen molar-refractivity contribution in [2.24, 2.45) is 0 Å². The van der Waals surface area contributed by atoms with Crippen LogP contribution in [0.25, 0.3) is 0 Å². The normalized spacial score (nSPS) is 14.1. The lowest BCUT2D eigenvalue weighted by Crippen LogP contribution is -2.33. The fourth-order valence-corrected chi connectivity index (χ4v) is 4.13. The highest BCUT2D eigenvalue weighted by Gasteiger charge is 2.36. The van der Waals surface area contributed by atoms with E-state index in [1.807, 2.05) is 0 Å². The molecule has 138 valence electrons. The van der Waals surface area contributed by atoms with E-state index in [-0.39, 0.29) is 29.7 Å². The Morgan fingerprint density at radius 1 is 1.23 bits per heavy atom. The van der Waals surface area contributed by atoms with Crippen LogP contribution >= 0.6 is 11.6 Å². The van der Waals surface area contributed by atoms with Gasteiger partial charge in [-0.1, -0.05) is 23.7 Å². The van der Waals surface area contributed by atoms with Crippen molar-refractivity contribution in [2.75, 3.05) is 15.9 Å². The number of sulfonamides is 1. The van der Waals surface area contributed by atoms with Crippen molar-refractivity contribution < 1.29 is 17.6 Å². The molecule has 1 aliphatic rings. The van der Waals surface area contributed by atoms with Gasteiger partial charge in [0.15, 0.2) is 0 Å². The maximum Gasteiger partial charge on any atom is 0.232 e. The third-order valence-electron chi connectivity index (χ3n) is 3.98. The number of halogens is 2. The van der Waals surface area contributed by atoms with E-state index in [2.05, 4.69) is 5.32 Å². The van der Waals surface area contributed by atoms with Gasteiger partial charge in [-0.25, -0.2) is 12.8 Å². The number of hydrogen-bond acceptors (Lipinski definition) is 3. The van der Waals surface area contributed by atoms with Gasteiger partial charge in [0.2, 0.25) is 15.9 Å². The summed E-state index contributed by atoms with van der Waals surface area (Å²) in [4.78, 5) is 12.4. The maximum absolute atomic E-state index is 13.7. The minimum Gasteiger partial charge on any atom is -0.324 e. The van der Waals surface area contributed by atoms with Gasteiger partial charge >= 0.3 is 0 Å². The van der Waals surface area contributed by atoms with Gasteiger partial charge < -0.3 is 5.32 Å². The molecule has 0 spiro atoms. The molecule has 0 atom stereocenters. The highest BCUT2D eigenvalue weighted by atomic mass is 35.5. The molecule has 1 saturated carbocycles. The number of benzene rings is 2. The number of carbonyl (C=O) groups excluding carboxylic acids is 1. The van der Waals surface area contributed by atoms with Gasteiger partial charge in [-0.05, 0) is 48.7 Å². The molecule has 1 fully saturated rings. The first-order valence-electron chi connectivity index (χ1n) is 8.07. The van der Waals surface area contributed by atoms with Crippen LogP contribution in [0.2, 0.25) is 5.02 Å². The highest BCUT2D eigenvalue weighted by molar-refractivity contribution is 7.92. The van der Waals surface area contributed by atoms with E-state index < -0.39 is 15.8 Å². The average Bonchev–Trinajstić information content (AvgIpc) is 3.35. The first-order chi connectivity index (χ1) is 12.2. The van der Waals surface area contributed by atoms with Gasteiger partial charge in [0.05, 0.1) is 24.1 Å². The van der Waals surface area contributed by atoms with Gasteiger partial charge in [-0.3, -0.25) is 9.10 Å². The number of carbonyl (C=O) groups is 1. The molecule has 0 heterocycles. The zero-order valence-electron chi connectivity index (χ0n) is 14.1. The van der Waals surface area contributed by atoms with Gasteiger partial charge in [-0.15, -0.1) is 0 Å². The topological polar surface area (TPSA) is 66.5 Å². The fraction of sp³-hybridized carbons (Fsp3) is 0.278. The molecule has 0 saturated heterocycles. The third kappa shape index (κ3) is 4.53. The monoisotopic (exact) mass is 396 g/mol. The van der Waals surface area contributed by atoms with Crippen molar-refractivity contribution in [3.8, 4) is 0 Å². The van der Waals surface area contributed by atoms with E-state index >= 15 is 0 Å². The summed E-state index contributed by atoms with van der Waals surface area (Å²) in [6.07, 6.45) is 2.65. The predicted molar refractivity (Wildman–Crippen MR) is 101 cm³/mol. The van der Waals surface area contributed by atoms with E-state index in [1.54, 1.807) is 24.3 Å². The summed E-state index contributed by atoms with van der Waals surface area (Å²) in [5, 5.41) is 3.20. The second-order valence-corrected chi connectivity index (χ2v) is 8.60. The number of nitrogens with one attached hydrogen (secondary N) is 1. The van der Waals surface area contributed by atoms with Gasteiger partial charge in [0.1, 0.15) is 5.82 Å². The zero-order chi connectivity index (χ0) is 18.9. The van der Waals surface area contributed by atoms with Gasteiger partial charge in [0, 0.05) is 11.1 Å². The zero-order valence-corrected chi connectivity index (χ0v) is 15.6. The summed E-state index contributed by atoms with van der Waals surface area (Å²) >= 11 is 5.82. The number of nitrogens with zero attached hydrogens (tertiary/aromatic N) is 1. The van der Waals surface area contributed by atoms with Crippen molar-refractivity contribution >= 4 is 38.9 Å². The van der Waals surface area contributed by atoms with Crippen molar-refractivity contribution in [2.45, 2.75) is 25.3 Å². The van der Waals surface area contributed by atoms with Crippen LogP contribution in [0.3, 0.4) is 0 Å². The molecule has 0 aliphatic heterocycles. The predicted octanol–water partition coefficient (Wildman–Crippen LogP) is 3.59. The van der Waals surface area contributed by atoms with Crippen LogP contribution in [-0.2, 0) is 21.2 Å². The Morgan fingerprint density at radius 3 is 2.46 bits per heavy atom. The summed E-state index contributed by atoms with van der Waals surface area (Å²) in [5.41, 5.74) is 1.16. The van der Waals surface area contributed by atoms with Gasteiger partial charge in [-0.2, -0.15) is 0 Å². The molecule has 0 bridgehead atoms. The SMILES string of the molecule is CS(=O)(=O)N(c1ccc(F)cc1NC(=O)Cc1ccc(Cl)cc1)C1CC1. The highest BCUT2D eigenvalue weighted by Crippen LogP contribution is 2.38. The molecule has 2 aromatic carbocycles. The van der Waals surface area contributed by atoms with Crippen LogP contribution < -0.4 is 9.62 Å². The molecule has 0 unspecified atom stereocenters. The average molecular weight is 397 g/mol. The first kappa shape index (κ1) is 18.7. The summed E-state index contributed by atoms with van der Waals surface area (Å²) < 4.78 is 39.3. The Hall–Kier alpha value is -2.12. The lowest BCUT2D eigenvalue weighted by molar-refractivity contribution is -0.115. The Balaban J connectivity index is 1.86. The van der Waals surface area contributed by atoms with Crippen molar-refractivity contribution in [3.63, 3.8) is 0 Å². The molecule has 0 aromatic heterocycles. The minimum atomic E-state index is -3.54. The smallest absolute Gasteiger partial charge is 0.232 e. The van der Waals surface area contributed by atoms with Crippen molar-refractivity contribution in [1.82, 2.24) is 0 Å². The van der Waals surface area contributed by atoms with Crippen LogP contribution in [0.5, 0.6) is 0 Å². The van der Waals surface area contributed by atoms with Crippen LogP contribution in [0, 0.1) is 5.82 Å². The summed E-state index contributed by atoms with van der Waals surface area (Å²) in [6.45, 7) is 0. The fourth-order valence-electron chi connectivity index (χ4n) is 2.74. The van der Waals surface area contributed by atoms with Crippen molar-refractivity contribution in [1.29, 1.82) is 0 Å². The molecule has 3 rings (SSSR count). The number of amides is 1. The molecular weight excluding hydrogens is 379 g/mol. The number of rotatable bonds is 6. The quantitative estimate of drug-likeness (QED) is 0.811. The van der Waals surface area contributed by atoms with E-state index in [1.165, 1.54) is 16.4 Å². The summed E-state index contributed by atoms with van der Waals surface area (Å²) in [6, 6.07) is 10.4. The maximum atomic E-state index is 13.7. The lowest BCUT2D eigenvalue weighted by Gasteiger charge is -2.25. The molecule has 2 aromatic rings. The Morgan fingerprint density at radius 2 is 1.88 bits per heavy atom. The largest absolute Gasteiger partial charge is 0.324 e. The van der Waals surface area contributed by atoms with Crippen LogP contribution in [0.15, 0.2) is 42.5 Å². The molecule has 0 radical (unpaired) electrons. The summed E-state index contributed by atoms with van der Waals surface area (Å²) in [5.74, 6) is -0.928. The molecule has 1 N–H and O–H groups in total. The molecule has 5 nitrogen and oxygen atoms in total. The van der Waals surface area contributed by atoms with E-state index in [4.69, 9.17) is 11.6 Å². The third-order valence-corrected chi connectivity index (χ3v) is 5.45. The minimum absolute atomic E-state index is 0.0649. The Bertz CT molecular complexity index is 928. The van der Waals surface area contributed by atoms with Crippen LogP contribution in [0.4, 0.5) is 15.8 Å². The number of anilines is 2.